The second-order valence-electron chi connectivity index (χ2n) is 21.5. The summed E-state index contributed by atoms with van der Waals surface area (Å²) in [6.07, 6.45) is 0. The van der Waals surface area contributed by atoms with Crippen LogP contribution in [0, 0.1) is 0 Å². The van der Waals surface area contributed by atoms with Crippen LogP contribution >= 0.6 is 45.3 Å². The first-order valence-corrected chi connectivity index (χ1v) is 31.6. The summed E-state index contributed by atoms with van der Waals surface area (Å²) in [6.45, 7) is 0. The predicted molar refractivity (Wildman–Crippen MR) is 370 cm³/mol. The van der Waals surface area contributed by atoms with E-state index in [9.17, 15) is 0 Å². The van der Waals surface area contributed by atoms with Gasteiger partial charge in [-0.3, -0.25) is 9.13 Å². The van der Waals surface area contributed by atoms with E-state index in [2.05, 4.69) is 197 Å². The van der Waals surface area contributed by atoms with Crippen molar-refractivity contribution in [3.8, 4) is 34.4 Å². The van der Waals surface area contributed by atoms with E-state index in [1.54, 1.807) is 22.7 Å². The molecule has 0 spiro atoms. The number of hydrogen-bond donors (Lipinski definition) is 0. The van der Waals surface area contributed by atoms with Crippen LogP contribution in [0.5, 0.6) is 0 Å². The molecule has 0 atom stereocenters. The van der Waals surface area contributed by atoms with Crippen LogP contribution < -0.4 is 0 Å². The van der Waals surface area contributed by atoms with Crippen molar-refractivity contribution in [2.75, 3.05) is 0 Å². The Bertz CT molecular complexity index is 6530. The highest BCUT2D eigenvalue weighted by molar-refractivity contribution is 7.28. The average Bonchev–Trinajstić information content (AvgIpc) is 1.56. The second kappa shape index (κ2) is 18.6. The molecular weight excluding hydrogens is 1130 g/mol. The second-order valence-corrected chi connectivity index (χ2v) is 25.7. The van der Waals surface area contributed by atoms with Gasteiger partial charge in [0.25, 0.3) is 0 Å². The zero-order valence-corrected chi connectivity index (χ0v) is 48.4. The Labute approximate surface area is 513 Å². The monoisotopic (exact) mass is 1170 g/mol. The topological polar surface area (TPSA) is 61.4 Å². The number of thiophene rings is 4. The van der Waals surface area contributed by atoms with Crippen LogP contribution in [0.2, 0.25) is 0 Å². The van der Waals surface area contributed by atoms with Gasteiger partial charge in [0, 0.05) is 104 Å². The van der Waals surface area contributed by atoms with Crippen LogP contribution in [-0.4, -0.2) is 29.1 Å². The third kappa shape index (κ3) is 6.92. The zero-order valence-electron chi connectivity index (χ0n) is 50.2. The average molecular weight is 1170 g/mol. The zero-order chi connectivity index (χ0) is 60.5. The lowest BCUT2D eigenvalue weighted by Gasteiger charge is -2.11. The van der Waals surface area contributed by atoms with Gasteiger partial charge in [-0.05, 0) is 47.2 Å². The van der Waals surface area contributed by atoms with E-state index in [-0.39, 0.29) is 17.6 Å². The highest BCUT2D eigenvalue weighted by Crippen LogP contribution is 2.51. The molecule has 0 fully saturated rings. The Kier molecular flexibility index (Phi) is 9.42. The van der Waals surface area contributed by atoms with Gasteiger partial charge in [0.05, 0.1) is 60.7 Å². The van der Waals surface area contributed by atoms with Gasteiger partial charge >= 0.3 is 0 Å². The molecule has 10 heteroatoms. The fourth-order valence-electron chi connectivity index (χ4n) is 13.3. The highest BCUT2D eigenvalue weighted by atomic mass is 32.1. The van der Waals surface area contributed by atoms with Gasteiger partial charge in [-0.1, -0.05) is 218 Å². The number of benzene rings is 12. The first-order chi connectivity index (χ1) is 44.8. The van der Waals surface area contributed by atoms with Crippen LogP contribution in [0.15, 0.2) is 255 Å². The van der Waals surface area contributed by atoms with Crippen LogP contribution in [0.3, 0.4) is 0 Å². The van der Waals surface area contributed by atoms with Gasteiger partial charge in [-0.15, -0.1) is 45.3 Å². The summed E-state index contributed by atoms with van der Waals surface area (Å²) in [5, 5.41) is 16.4. The molecule has 0 N–H and O–H groups in total. The maximum atomic E-state index is 8.92. The lowest BCUT2D eigenvalue weighted by atomic mass is 10.00. The first-order valence-electron chi connectivity index (χ1n) is 30.8. The third-order valence-corrected chi connectivity index (χ3v) is 21.6. The minimum absolute atomic E-state index is 0.0681. The molecular formula is C76H42N6S4. The normalized spacial score (nSPS) is 13.0. The molecule has 20 aromatic rings. The predicted octanol–water partition coefficient (Wildman–Crippen LogP) is 22.3. The Balaban J connectivity index is 0.000000131. The maximum Gasteiger partial charge on any atom is 0.235 e. The Morgan fingerprint density at radius 1 is 0.279 bits per heavy atom. The lowest BCUT2D eigenvalue weighted by molar-refractivity contribution is 1.02. The van der Waals surface area contributed by atoms with Crippen molar-refractivity contribution in [1.82, 2.24) is 29.1 Å². The van der Waals surface area contributed by atoms with Crippen molar-refractivity contribution in [3.63, 3.8) is 0 Å². The smallest absolute Gasteiger partial charge is 0.235 e. The van der Waals surface area contributed by atoms with E-state index in [0.717, 1.165) is 75.0 Å². The van der Waals surface area contributed by atoms with Gasteiger partial charge in [0.1, 0.15) is 0 Å². The highest BCUT2D eigenvalue weighted by Gasteiger charge is 2.27. The first kappa shape index (κ1) is 43.4. The molecule has 8 heterocycles. The summed E-state index contributed by atoms with van der Waals surface area (Å²) in [6, 6.07) is 76.9. The number of para-hydroxylation sites is 2. The molecule has 0 aliphatic rings. The Morgan fingerprint density at radius 2 is 0.628 bits per heavy atom. The summed E-state index contributed by atoms with van der Waals surface area (Å²) in [7, 11) is 0. The van der Waals surface area contributed by atoms with E-state index in [1.165, 1.54) is 83.4 Å². The van der Waals surface area contributed by atoms with Gasteiger partial charge in [-0.25, -0.2) is 19.9 Å². The summed E-state index contributed by atoms with van der Waals surface area (Å²) in [5.41, 5.74) is 8.33. The summed E-state index contributed by atoms with van der Waals surface area (Å²) >= 11 is 6.89. The van der Waals surface area contributed by atoms with Crippen molar-refractivity contribution in [2.45, 2.75) is 0 Å². The standard InChI is InChI=1S/2C38H21N3S2/c2*1-2-12-22(13-3-1)33-37-34(27-18-8-11-21-30(27)43-37)40-38(39-33)41-28-19-9-6-16-25(28)31-23-14-4-5-15-24(23)36-32(35(31)41)26-17-7-10-20-29(26)42-36/h2*1-21H/i1D,2D,3D,12D,13D;. The van der Waals surface area contributed by atoms with Gasteiger partial charge in [-0.2, -0.15) is 0 Å². The molecule has 6 nitrogen and oxygen atoms in total. The third-order valence-electron chi connectivity index (χ3n) is 16.9. The van der Waals surface area contributed by atoms with E-state index >= 15 is 0 Å². The minimum atomic E-state index is -0.434. The summed E-state index contributed by atoms with van der Waals surface area (Å²) < 4.78 is 56.5. The van der Waals surface area contributed by atoms with E-state index < -0.39 is 18.1 Å². The number of nitrogens with zero attached hydrogens (tertiary/aromatic N) is 6. The van der Waals surface area contributed by atoms with Crippen molar-refractivity contribution in [3.05, 3.63) is 255 Å². The largest absolute Gasteiger partial charge is 0.277 e. The SMILES string of the molecule is [2H]c1c([2H])c([2H])c(-c2nc(-n3c4ccccc4c4c5ccccc5c5sc6ccccc6c5c43)nc3c2sc2ccccc23)c([2H])c1[2H].c1ccc(-c2nc(-n3c4ccccc4c4c5ccccc5c5sc6ccccc6c5c43)nc3c2sc2ccccc23)cc1. The minimum Gasteiger partial charge on any atom is -0.277 e. The molecule has 400 valence electrons. The van der Waals surface area contributed by atoms with Gasteiger partial charge < -0.3 is 0 Å². The van der Waals surface area contributed by atoms with Crippen LogP contribution in [-0.2, 0) is 0 Å². The van der Waals surface area contributed by atoms with Crippen molar-refractivity contribution in [1.29, 1.82) is 0 Å². The van der Waals surface area contributed by atoms with E-state index in [4.69, 9.17) is 26.8 Å². The molecule has 0 aliphatic carbocycles. The van der Waals surface area contributed by atoms with Gasteiger partial charge in [0.2, 0.25) is 11.9 Å². The van der Waals surface area contributed by atoms with Gasteiger partial charge in [0.15, 0.2) is 0 Å². The number of rotatable bonds is 4. The molecule has 8 aromatic heterocycles. The fourth-order valence-corrected chi connectivity index (χ4v) is 18.1. The van der Waals surface area contributed by atoms with Crippen molar-refractivity contribution >= 4 is 191 Å². The molecule has 0 radical (unpaired) electrons. The van der Waals surface area contributed by atoms with Crippen molar-refractivity contribution in [2.24, 2.45) is 0 Å². The summed E-state index contributed by atoms with van der Waals surface area (Å²) in [5.74, 6) is 1.08. The maximum absolute atomic E-state index is 8.92. The van der Waals surface area contributed by atoms with E-state index in [0.29, 0.717) is 27.8 Å². The van der Waals surface area contributed by atoms with Crippen LogP contribution in [0.4, 0.5) is 0 Å². The Hall–Kier alpha value is -10.2. The molecule has 0 unspecified atom stereocenters. The van der Waals surface area contributed by atoms with Crippen LogP contribution in [0.25, 0.3) is 181 Å². The molecule has 0 saturated carbocycles. The quantitative estimate of drug-likeness (QED) is 0.176. The lowest BCUT2D eigenvalue weighted by Crippen LogP contribution is -2.03. The molecule has 20 rings (SSSR count). The summed E-state index contributed by atoms with van der Waals surface area (Å²) in [4.78, 5) is 21.3. The molecule has 0 saturated heterocycles. The van der Waals surface area contributed by atoms with Crippen molar-refractivity contribution < 1.29 is 6.85 Å². The molecule has 86 heavy (non-hydrogen) atoms. The molecule has 0 aliphatic heterocycles. The molecule has 0 bridgehead atoms. The number of fused-ring (bicyclic) bond motifs is 26. The van der Waals surface area contributed by atoms with Crippen LogP contribution in [0.1, 0.15) is 6.85 Å². The number of hydrogen-bond acceptors (Lipinski definition) is 8. The fraction of sp³-hybridized carbons (Fsp3) is 0. The van der Waals surface area contributed by atoms with E-state index in [1.807, 2.05) is 47.7 Å². The number of aromatic nitrogens is 6. The molecule has 0 amide bonds. The molecule has 12 aromatic carbocycles. The Morgan fingerprint density at radius 3 is 1.09 bits per heavy atom.